The Morgan fingerprint density at radius 3 is 2.42 bits per heavy atom. The van der Waals surface area contributed by atoms with E-state index in [0.29, 0.717) is 36.2 Å². The zero-order valence-corrected chi connectivity index (χ0v) is 18.2. The van der Waals surface area contributed by atoms with Crippen LogP contribution in [-0.4, -0.2) is 63.6 Å². The number of nitrogens with zero attached hydrogens (tertiary/aromatic N) is 3. The molecule has 9 nitrogen and oxygen atoms in total. The highest BCUT2D eigenvalue weighted by molar-refractivity contribution is 5.91. The Morgan fingerprint density at radius 1 is 1.06 bits per heavy atom. The molecule has 0 aliphatic carbocycles. The van der Waals surface area contributed by atoms with E-state index in [9.17, 15) is 4.79 Å². The van der Waals surface area contributed by atoms with Crippen LogP contribution in [0.25, 0.3) is 6.08 Å². The Balaban J connectivity index is 1.48. The van der Waals surface area contributed by atoms with E-state index in [1.807, 2.05) is 6.07 Å². The average Bonchev–Trinajstić information content (AvgIpc) is 3.35. The first-order valence-electron chi connectivity index (χ1n) is 10.2. The van der Waals surface area contributed by atoms with E-state index in [2.05, 4.69) is 25.7 Å². The molecule has 1 aromatic heterocycles. The van der Waals surface area contributed by atoms with Gasteiger partial charge in [0.25, 0.3) is 0 Å². The highest BCUT2D eigenvalue weighted by atomic mass is 16.5. The topological polar surface area (TPSA) is 97.8 Å². The molecule has 0 spiro atoms. The molecule has 1 aromatic carbocycles. The summed E-state index contributed by atoms with van der Waals surface area (Å²) < 4.78 is 16.0. The van der Waals surface area contributed by atoms with Crippen LogP contribution in [0.1, 0.15) is 18.4 Å². The SMILES string of the molecule is COc1cc(/C=C/C(=O)NCCNc2cc(N3CCCC3)cnn2)cc(OC)c1OC. The lowest BCUT2D eigenvalue weighted by molar-refractivity contribution is -0.116. The summed E-state index contributed by atoms with van der Waals surface area (Å²) in [5.41, 5.74) is 1.84. The van der Waals surface area contributed by atoms with Gasteiger partial charge < -0.3 is 29.7 Å². The van der Waals surface area contributed by atoms with Crippen LogP contribution < -0.4 is 29.7 Å². The normalized spacial score (nSPS) is 13.3. The van der Waals surface area contributed by atoms with Crippen molar-refractivity contribution in [1.29, 1.82) is 0 Å². The predicted octanol–water partition coefficient (Wildman–Crippen LogP) is 2.34. The number of hydrogen-bond acceptors (Lipinski definition) is 8. The van der Waals surface area contributed by atoms with Crippen LogP contribution >= 0.6 is 0 Å². The van der Waals surface area contributed by atoms with Gasteiger partial charge in [0.15, 0.2) is 17.3 Å². The van der Waals surface area contributed by atoms with Crippen LogP contribution in [0.2, 0.25) is 0 Å². The second kappa shape index (κ2) is 11.1. The van der Waals surface area contributed by atoms with Crippen molar-refractivity contribution in [2.24, 2.45) is 0 Å². The molecule has 1 aliphatic rings. The summed E-state index contributed by atoms with van der Waals surface area (Å²) >= 11 is 0. The number of anilines is 2. The highest BCUT2D eigenvalue weighted by Crippen LogP contribution is 2.38. The molecule has 2 heterocycles. The first-order valence-corrected chi connectivity index (χ1v) is 10.2. The van der Waals surface area contributed by atoms with E-state index < -0.39 is 0 Å². The minimum absolute atomic E-state index is 0.201. The summed E-state index contributed by atoms with van der Waals surface area (Å²) in [6, 6.07) is 5.54. The molecule has 1 fully saturated rings. The molecule has 1 saturated heterocycles. The fourth-order valence-corrected chi connectivity index (χ4v) is 3.40. The fraction of sp³-hybridized carbons (Fsp3) is 0.409. The fourth-order valence-electron chi connectivity index (χ4n) is 3.40. The van der Waals surface area contributed by atoms with Crippen LogP contribution in [0.5, 0.6) is 17.2 Å². The monoisotopic (exact) mass is 427 g/mol. The zero-order valence-electron chi connectivity index (χ0n) is 18.2. The molecular weight excluding hydrogens is 398 g/mol. The molecule has 3 rings (SSSR count). The lowest BCUT2D eigenvalue weighted by atomic mass is 10.1. The lowest BCUT2D eigenvalue weighted by Crippen LogP contribution is -2.27. The summed E-state index contributed by atoms with van der Waals surface area (Å²) in [5, 5.41) is 14.2. The maximum Gasteiger partial charge on any atom is 0.244 e. The van der Waals surface area contributed by atoms with Gasteiger partial charge in [0.05, 0.1) is 33.2 Å². The Hall–Kier alpha value is -3.49. The number of aromatic nitrogens is 2. The molecule has 0 radical (unpaired) electrons. The molecule has 166 valence electrons. The summed E-state index contributed by atoms with van der Waals surface area (Å²) in [6.07, 6.45) is 7.36. The van der Waals surface area contributed by atoms with Crippen molar-refractivity contribution in [3.8, 4) is 17.2 Å². The van der Waals surface area contributed by atoms with Crippen LogP contribution in [0.4, 0.5) is 11.5 Å². The minimum atomic E-state index is -0.201. The number of amides is 1. The number of hydrogen-bond donors (Lipinski definition) is 2. The Labute approximate surface area is 182 Å². The van der Waals surface area contributed by atoms with E-state index in [1.54, 1.807) is 45.7 Å². The van der Waals surface area contributed by atoms with Gasteiger partial charge in [0.2, 0.25) is 11.7 Å². The second-order valence-electron chi connectivity index (χ2n) is 7.00. The molecule has 0 atom stereocenters. The molecule has 1 aliphatic heterocycles. The molecule has 2 aromatic rings. The van der Waals surface area contributed by atoms with E-state index in [-0.39, 0.29) is 5.91 Å². The molecule has 31 heavy (non-hydrogen) atoms. The van der Waals surface area contributed by atoms with Crippen molar-refractivity contribution in [2.75, 3.05) is 57.7 Å². The third kappa shape index (κ3) is 6.00. The standard InChI is InChI=1S/C22H29N5O4/c1-29-18-12-16(13-19(30-2)22(18)31-3)6-7-21(28)24-9-8-23-20-14-17(15-25-26-20)27-10-4-5-11-27/h6-7,12-15H,4-5,8-11H2,1-3H3,(H,23,26)(H,24,28)/b7-6+. The largest absolute Gasteiger partial charge is 0.493 e. The Morgan fingerprint density at radius 2 is 1.77 bits per heavy atom. The van der Waals surface area contributed by atoms with Gasteiger partial charge in [-0.2, -0.15) is 5.10 Å². The van der Waals surface area contributed by atoms with Gasteiger partial charge in [-0.05, 0) is 36.6 Å². The smallest absolute Gasteiger partial charge is 0.244 e. The number of ether oxygens (including phenoxy) is 3. The van der Waals surface area contributed by atoms with Crippen LogP contribution in [0.3, 0.4) is 0 Å². The number of rotatable bonds is 10. The van der Waals surface area contributed by atoms with Gasteiger partial charge in [-0.3, -0.25) is 4.79 Å². The maximum absolute atomic E-state index is 12.1. The molecular formula is C22H29N5O4. The highest BCUT2D eigenvalue weighted by Gasteiger charge is 2.14. The molecule has 1 amide bonds. The van der Waals surface area contributed by atoms with E-state index in [4.69, 9.17) is 14.2 Å². The first kappa shape index (κ1) is 22.2. The molecule has 0 saturated carbocycles. The number of nitrogens with one attached hydrogen (secondary N) is 2. The summed E-state index contributed by atoms with van der Waals surface area (Å²) in [4.78, 5) is 14.4. The van der Waals surface area contributed by atoms with E-state index in [1.165, 1.54) is 18.9 Å². The number of carbonyl (C=O) groups excluding carboxylic acids is 1. The van der Waals surface area contributed by atoms with Crippen molar-refractivity contribution < 1.29 is 19.0 Å². The predicted molar refractivity (Wildman–Crippen MR) is 120 cm³/mol. The quantitative estimate of drug-likeness (QED) is 0.441. The van der Waals surface area contributed by atoms with Crippen LogP contribution in [-0.2, 0) is 4.79 Å². The van der Waals surface area contributed by atoms with Crippen molar-refractivity contribution >= 4 is 23.5 Å². The Kier molecular flexibility index (Phi) is 7.91. The van der Waals surface area contributed by atoms with Gasteiger partial charge in [0.1, 0.15) is 0 Å². The summed E-state index contributed by atoms with van der Waals surface area (Å²) in [7, 11) is 4.65. The molecule has 2 N–H and O–H groups in total. The van der Waals surface area contributed by atoms with Gasteiger partial charge in [-0.15, -0.1) is 5.10 Å². The van der Waals surface area contributed by atoms with Crippen molar-refractivity contribution in [3.63, 3.8) is 0 Å². The maximum atomic E-state index is 12.1. The average molecular weight is 428 g/mol. The number of methoxy groups -OCH3 is 3. The van der Waals surface area contributed by atoms with Gasteiger partial charge in [-0.25, -0.2) is 0 Å². The number of carbonyl (C=O) groups is 1. The van der Waals surface area contributed by atoms with E-state index in [0.717, 1.165) is 24.3 Å². The lowest BCUT2D eigenvalue weighted by Gasteiger charge is -2.17. The van der Waals surface area contributed by atoms with Gasteiger partial charge in [-0.1, -0.05) is 0 Å². The third-order valence-electron chi connectivity index (χ3n) is 4.96. The second-order valence-corrected chi connectivity index (χ2v) is 7.00. The van der Waals surface area contributed by atoms with E-state index >= 15 is 0 Å². The van der Waals surface area contributed by atoms with Crippen molar-refractivity contribution in [2.45, 2.75) is 12.8 Å². The van der Waals surface area contributed by atoms with Crippen LogP contribution in [0.15, 0.2) is 30.5 Å². The van der Waals surface area contributed by atoms with Gasteiger partial charge >= 0.3 is 0 Å². The van der Waals surface area contributed by atoms with Crippen LogP contribution in [0, 0.1) is 0 Å². The molecule has 0 bridgehead atoms. The van der Waals surface area contributed by atoms with Gasteiger partial charge in [0, 0.05) is 38.3 Å². The molecule has 0 unspecified atom stereocenters. The zero-order chi connectivity index (χ0) is 22.1. The third-order valence-corrected chi connectivity index (χ3v) is 4.96. The molecule has 9 heteroatoms. The minimum Gasteiger partial charge on any atom is -0.493 e. The first-order chi connectivity index (χ1) is 15.1. The summed E-state index contributed by atoms with van der Waals surface area (Å²) in [5.74, 6) is 2.07. The van der Waals surface area contributed by atoms with Crippen molar-refractivity contribution in [1.82, 2.24) is 15.5 Å². The van der Waals surface area contributed by atoms with Crippen molar-refractivity contribution in [3.05, 3.63) is 36.0 Å². The number of benzene rings is 1. The summed E-state index contributed by atoms with van der Waals surface area (Å²) in [6.45, 7) is 3.11. The Bertz CT molecular complexity index is 888.